The molecule has 2 aliphatic heterocycles. The molecule has 0 radical (unpaired) electrons. The molecule has 1 N–H and O–H groups in total. The molecule has 0 amide bonds. The topological polar surface area (TPSA) is 41.9 Å². The lowest BCUT2D eigenvalue weighted by atomic mass is 9.51. The molecule has 1 aromatic carbocycles. The summed E-state index contributed by atoms with van der Waals surface area (Å²) in [5, 5.41) is 10.8. The SMILES string of the molecule is COc1ccc2c3c1O[C@@H]1[C@@H](O)CC[C@@H]4[C@H](C2)N(CC2CC2)CC[C@]341. The van der Waals surface area contributed by atoms with Gasteiger partial charge in [0.1, 0.15) is 6.10 Å². The fraction of sp³-hybridized carbons (Fsp3) is 0.714. The van der Waals surface area contributed by atoms with Crippen LogP contribution in [0.15, 0.2) is 12.1 Å². The standard InChI is InChI=1S/C21H27NO3/c1-24-17-7-4-13-10-15-14-5-6-16(23)20-21(14,18(13)19(17)25-20)8-9-22(15)11-12-2-3-12/h4,7,12,14-16,20,23H,2-3,5-6,8-11H2,1H3/t14-,15+,16+,20-,21-/m1/s1. The summed E-state index contributed by atoms with van der Waals surface area (Å²) < 4.78 is 12.1. The Morgan fingerprint density at radius 2 is 2.16 bits per heavy atom. The third-order valence-corrected chi connectivity index (χ3v) is 7.80. The van der Waals surface area contributed by atoms with Gasteiger partial charge in [-0.15, -0.1) is 0 Å². The van der Waals surface area contributed by atoms with E-state index in [9.17, 15) is 5.11 Å². The first kappa shape index (κ1) is 14.9. The minimum absolute atomic E-state index is 0.0137. The van der Waals surface area contributed by atoms with Gasteiger partial charge in [-0.1, -0.05) is 6.07 Å². The zero-order valence-corrected chi connectivity index (χ0v) is 14.9. The van der Waals surface area contributed by atoms with Crippen LogP contribution in [0, 0.1) is 11.8 Å². The lowest BCUT2D eigenvalue weighted by Gasteiger charge is -2.59. The van der Waals surface area contributed by atoms with Crippen molar-refractivity contribution in [2.24, 2.45) is 11.8 Å². The number of aliphatic hydroxyl groups excluding tert-OH is 1. The summed E-state index contributed by atoms with van der Waals surface area (Å²) >= 11 is 0. The highest BCUT2D eigenvalue weighted by Gasteiger charge is 2.65. The van der Waals surface area contributed by atoms with Gasteiger partial charge in [0.25, 0.3) is 0 Å². The number of likely N-dealkylation sites (tertiary alicyclic amines) is 1. The van der Waals surface area contributed by atoms with Crippen LogP contribution in [0.2, 0.25) is 0 Å². The van der Waals surface area contributed by atoms with Crippen molar-refractivity contribution in [3.63, 3.8) is 0 Å². The molecule has 0 aromatic heterocycles. The average molecular weight is 341 g/mol. The van der Waals surface area contributed by atoms with Gasteiger partial charge in [0.2, 0.25) is 0 Å². The summed E-state index contributed by atoms with van der Waals surface area (Å²) in [5.74, 6) is 3.33. The van der Waals surface area contributed by atoms with Crippen molar-refractivity contribution in [1.29, 1.82) is 0 Å². The molecular weight excluding hydrogens is 314 g/mol. The summed E-state index contributed by atoms with van der Waals surface area (Å²) in [7, 11) is 1.72. The predicted molar refractivity (Wildman–Crippen MR) is 94.2 cm³/mol. The van der Waals surface area contributed by atoms with Crippen molar-refractivity contribution in [3.8, 4) is 11.5 Å². The van der Waals surface area contributed by atoms with Crippen LogP contribution in [0.3, 0.4) is 0 Å². The quantitative estimate of drug-likeness (QED) is 0.917. The number of hydrogen-bond acceptors (Lipinski definition) is 4. The minimum Gasteiger partial charge on any atom is -0.493 e. The Bertz CT molecular complexity index is 730. The fourth-order valence-corrected chi connectivity index (χ4v) is 6.61. The number of hydrogen-bond donors (Lipinski definition) is 1. The molecule has 3 aliphatic carbocycles. The second-order valence-electron chi connectivity index (χ2n) is 8.92. The van der Waals surface area contributed by atoms with Gasteiger partial charge < -0.3 is 14.6 Å². The van der Waals surface area contributed by atoms with Crippen molar-refractivity contribution in [2.45, 2.75) is 62.2 Å². The van der Waals surface area contributed by atoms with Gasteiger partial charge >= 0.3 is 0 Å². The smallest absolute Gasteiger partial charge is 0.165 e. The highest BCUT2D eigenvalue weighted by molar-refractivity contribution is 5.61. The molecule has 2 heterocycles. The maximum absolute atomic E-state index is 10.8. The number of aliphatic hydroxyl groups is 1. The Hall–Kier alpha value is -1.26. The first-order valence-corrected chi connectivity index (χ1v) is 10.0. The van der Waals surface area contributed by atoms with Crippen LogP contribution in [-0.2, 0) is 11.8 Å². The van der Waals surface area contributed by atoms with Crippen LogP contribution in [-0.4, -0.2) is 48.5 Å². The van der Waals surface area contributed by atoms with Crippen LogP contribution in [0.4, 0.5) is 0 Å². The number of benzene rings is 1. The second kappa shape index (κ2) is 4.92. The van der Waals surface area contributed by atoms with Crippen LogP contribution in [0.5, 0.6) is 11.5 Å². The van der Waals surface area contributed by atoms with Crippen molar-refractivity contribution >= 4 is 0 Å². The highest BCUT2D eigenvalue weighted by Crippen LogP contribution is 2.64. The van der Waals surface area contributed by atoms with E-state index < -0.39 is 0 Å². The van der Waals surface area contributed by atoms with E-state index in [4.69, 9.17) is 9.47 Å². The summed E-state index contributed by atoms with van der Waals surface area (Å²) in [6.45, 7) is 2.43. The molecule has 134 valence electrons. The maximum Gasteiger partial charge on any atom is 0.165 e. The second-order valence-corrected chi connectivity index (χ2v) is 8.92. The molecular formula is C21H27NO3. The van der Waals surface area contributed by atoms with Gasteiger partial charge in [0, 0.05) is 23.6 Å². The number of rotatable bonds is 3. The van der Waals surface area contributed by atoms with Crippen molar-refractivity contribution in [3.05, 3.63) is 23.3 Å². The highest BCUT2D eigenvalue weighted by atomic mass is 16.5. The monoisotopic (exact) mass is 341 g/mol. The Labute approximate surface area is 149 Å². The van der Waals surface area contributed by atoms with Crippen LogP contribution in [0.25, 0.3) is 0 Å². The molecule has 1 saturated heterocycles. The fourth-order valence-electron chi connectivity index (χ4n) is 6.61. The molecule has 4 nitrogen and oxygen atoms in total. The molecule has 1 spiro atoms. The lowest BCUT2D eigenvalue weighted by molar-refractivity contribution is -0.105. The molecule has 6 rings (SSSR count). The molecule has 4 heteroatoms. The summed E-state index contributed by atoms with van der Waals surface area (Å²) in [4.78, 5) is 2.79. The van der Waals surface area contributed by atoms with Gasteiger partial charge in [0.15, 0.2) is 11.5 Å². The Kier molecular flexibility index (Phi) is 2.92. The van der Waals surface area contributed by atoms with Gasteiger partial charge in [-0.25, -0.2) is 0 Å². The van der Waals surface area contributed by atoms with E-state index in [1.54, 1.807) is 7.11 Å². The van der Waals surface area contributed by atoms with Crippen molar-refractivity contribution in [1.82, 2.24) is 4.90 Å². The van der Waals surface area contributed by atoms with E-state index in [0.717, 1.165) is 49.6 Å². The van der Waals surface area contributed by atoms with Gasteiger partial charge in [-0.05, 0) is 68.5 Å². The average Bonchev–Trinajstić information content (AvgIpc) is 3.36. The Morgan fingerprint density at radius 3 is 2.96 bits per heavy atom. The van der Waals surface area contributed by atoms with Gasteiger partial charge in [0.05, 0.1) is 13.2 Å². The zero-order valence-electron chi connectivity index (χ0n) is 14.9. The molecule has 25 heavy (non-hydrogen) atoms. The molecule has 5 aliphatic rings. The summed E-state index contributed by atoms with van der Waals surface area (Å²) in [5.41, 5.74) is 2.84. The van der Waals surface area contributed by atoms with Crippen molar-refractivity contribution < 1.29 is 14.6 Å². The number of piperidine rings is 1. The Balaban J connectivity index is 1.52. The van der Waals surface area contributed by atoms with Crippen LogP contribution < -0.4 is 9.47 Å². The van der Waals surface area contributed by atoms with Gasteiger partial charge in [-0.3, -0.25) is 4.90 Å². The third-order valence-electron chi connectivity index (χ3n) is 7.80. The summed E-state index contributed by atoms with van der Waals surface area (Å²) in [6.07, 6.45) is 6.66. The summed E-state index contributed by atoms with van der Waals surface area (Å²) in [6, 6.07) is 4.95. The molecule has 2 bridgehead atoms. The number of ether oxygens (including phenoxy) is 2. The third kappa shape index (κ3) is 1.80. The zero-order chi connectivity index (χ0) is 16.8. The number of methoxy groups -OCH3 is 1. The first-order chi connectivity index (χ1) is 12.2. The lowest BCUT2D eigenvalue weighted by Crippen LogP contribution is -2.67. The van der Waals surface area contributed by atoms with Crippen molar-refractivity contribution in [2.75, 3.05) is 20.2 Å². The van der Waals surface area contributed by atoms with E-state index in [-0.39, 0.29) is 17.6 Å². The minimum atomic E-state index is -0.352. The molecule has 0 unspecified atom stereocenters. The molecule has 2 saturated carbocycles. The Morgan fingerprint density at radius 1 is 1.28 bits per heavy atom. The van der Waals surface area contributed by atoms with E-state index in [1.165, 1.54) is 30.5 Å². The predicted octanol–water partition coefficient (Wildman–Crippen LogP) is 2.51. The largest absolute Gasteiger partial charge is 0.493 e. The molecule has 3 fully saturated rings. The van der Waals surface area contributed by atoms with Crippen LogP contribution in [0.1, 0.15) is 43.2 Å². The normalized spacial score (nSPS) is 41.2. The van der Waals surface area contributed by atoms with E-state index in [1.807, 2.05) is 0 Å². The van der Waals surface area contributed by atoms with E-state index in [0.29, 0.717) is 12.0 Å². The van der Waals surface area contributed by atoms with Gasteiger partial charge in [-0.2, -0.15) is 0 Å². The first-order valence-electron chi connectivity index (χ1n) is 10.0. The number of nitrogens with zero attached hydrogens (tertiary/aromatic N) is 1. The molecule has 5 atom stereocenters. The molecule has 1 aromatic rings. The van der Waals surface area contributed by atoms with Crippen LogP contribution >= 0.6 is 0 Å². The maximum atomic E-state index is 10.8. The van der Waals surface area contributed by atoms with E-state index >= 15 is 0 Å². The van der Waals surface area contributed by atoms with E-state index in [2.05, 4.69) is 17.0 Å².